The van der Waals surface area contributed by atoms with Crippen LogP contribution in [0.1, 0.15) is 15.9 Å². The lowest BCUT2D eigenvalue weighted by molar-refractivity contribution is -0.118. The van der Waals surface area contributed by atoms with E-state index in [1.165, 1.54) is 0 Å². The molecule has 0 radical (unpaired) electrons. The van der Waals surface area contributed by atoms with Crippen LogP contribution < -0.4 is 10.6 Å². The maximum Gasteiger partial charge on any atom is 0.252 e. The van der Waals surface area contributed by atoms with Crippen molar-refractivity contribution in [2.24, 2.45) is 0 Å². The van der Waals surface area contributed by atoms with Crippen molar-refractivity contribution >= 4 is 17.5 Å². The van der Waals surface area contributed by atoms with E-state index in [0.29, 0.717) is 17.7 Å². The maximum absolute atomic E-state index is 12.6. The fraction of sp³-hybridized carbons (Fsp3) is 0.105. The van der Waals surface area contributed by atoms with Gasteiger partial charge in [0.15, 0.2) is 0 Å². The van der Waals surface area contributed by atoms with E-state index in [4.69, 9.17) is 0 Å². The van der Waals surface area contributed by atoms with Crippen LogP contribution in [0.2, 0.25) is 0 Å². The highest BCUT2D eigenvalue weighted by Gasteiger charge is 2.28. The van der Waals surface area contributed by atoms with Gasteiger partial charge in [0.2, 0.25) is 5.91 Å². The van der Waals surface area contributed by atoms with Gasteiger partial charge in [0.05, 0.1) is 18.2 Å². The Morgan fingerprint density at radius 3 is 2.88 bits per heavy atom. The topological polar surface area (TPSA) is 86.9 Å². The molecule has 3 aromatic rings. The lowest BCUT2D eigenvalue weighted by Crippen LogP contribution is -2.48. The Balaban J connectivity index is 1.52. The summed E-state index contributed by atoms with van der Waals surface area (Å²) in [6.07, 6.45) is 3.81. The molecule has 0 spiro atoms. The van der Waals surface area contributed by atoms with Crippen molar-refractivity contribution in [3.8, 4) is 11.3 Å². The molecule has 0 aliphatic carbocycles. The normalized spacial score (nSPS) is 16.0. The number of aromatic amines is 1. The molecule has 1 aromatic heterocycles. The first kappa shape index (κ1) is 15.1. The van der Waals surface area contributed by atoms with Crippen LogP contribution >= 0.6 is 0 Å². The summed E-state index contributed by atoms with van der Waals surface area (Å²) in [6.45, 7) is 0. The summed E-state index contributed by atoms with van der Waals surface area (Å²) in [5.74, 6) is -0.446. The number of amides is 2. The van der Waals surface area contributed by atoms with Crippen molar-refractivity contribution < 1.29 is 9.59 Å². The zero-order valence-corrected chi connectivity index (χ0v) is 13.3. The first-order valence-electron chi connectivity index (χ1n) is 7.99. The third-order valence-electron chi connectivity index (χ3n) is 4.25. The number of nitrogens with zero attached hydrogens (tertiary/aromatic N) is 1. The van der Waals surface area contributed by atoms with Crippen molar-refractivity contribution in [3.05, 3.63) is 72.2 Å². The fourth-order valence-electron chi connectivity index (χ4n) is 2.99. The van der Waals surface area contributed by atoms with Crippen LogP contribution in [-0.4, -0.2) is 27.8 Å². The maximum atomic E-state index is 12.6. The molecule has 0 saturated heterocycles. The molecule has 2 aromatic carbocycles. The van der Waals surface area contributed by atoms with Crippen LogP contribution in [0, 0.1) is 0 Å². The van der Waals surface area contributed by atoms with Crippen LogP contribution in [0.15, 0.2) is 61.1 Å². The van der Waals surface area contributed by atoms with Crippen molar-refractivity contribution in [2.75, 3.05) is 5.32 Å². The number of carbonyl (C=O) groups excluding carboxylic acids is 2. The van der Waals surface area contributed by atoms with Crippen LogP contribution in [0.3, 0.4) is 0 Å². The van der Waals surface area contributed by atoms with Gasteiger partial charge in [0, 0.05) is 23.2 Å². The number of hydrogen-bond donors (Lipinski definition) is 3. The Bertz CT molecular complexity index is 934. The van der Waals surface area contributed by atoms with Crippen LogP contribution in [0.5, 0.6) is 0 Å². The first-order chi connectivity index (χ1) is 12.2. The number of rotatable bonds is 3. The molecule has 0 fully saturated rings. The molecule has 25 heavy (non-hydrogen) atoms. The highest BCUT2D eigenvalue weighted by molar-refractivity contribution is 6.04. The van der Waals surface area contributed by atoms with Gasteiger partial charge in [-0.25, -0.2) is 4.98 Å². The minimum Gasteiger partial charge on any atom is -0.345 e. The standard InChI is InChI=1S/C19H16N4O2/c24-18-15-7-2-1-4-12(15)9-16(23-18)19(25)22-14-6-3-5-13(8-14)17-10-20-11-21-17/h1-8,10-11,16H,9H2,(H,20,21)(H,22,25)(H,23,24). The highest BCUT2D eigenvalue weighted by Crippen LogP contribution is 2.21. The molecule has 1 atom stereocenters. The lowest BCUT2D eigenvalue weighted by atomic mass is 9.95. The lowest BCUT2D eigenvalue weighted by Gasteiger charge is -2.24. The Labute approximate surface area is 144 Å². The highest BCUT2D eigenvalue weighted by atomic mass is 16.2. The van der Waals surface area contributed by atoms with Gasteiger partial charge in [-0.15, -0.1) is 0 Å². The van der Waals surface area contributed by atoms with E-state index in [1.54, 1.807) is 18.6 Å². The van der Waals surface area contributed by atoms with Crippen molar-refractivity contribution in [1.82, 2.24) is 15.3 Å². The average molecular weight is 332 g/mol. The Morgan fingerprint density at radius 1 is 1.16 bits per heavy atom. The molecule has 4 rings (SSSR count). The van der Waals surface area contributed by atoms with E-state index in [0.717, 1.165) is 16.8 Å². The third kappa shape index (κ3) is 3.01. The monoisotopic (exact) mass is 332 g/mol. The summed E-state index contributed by atoms with van der Waals surface area (Å²) < 4.78 is 0. The minimum absolute atomic E-state index is 0.215. The van der Waals surface area contributed by atoms with Gasteiger partial charge < -0.3 is 15.6 Å². The molecular formula is C19H16N4O2. The van der Waals surface area contributed by atoms with Gasteiger partial charge in [-0.05, 0) is 23.8 Å². The second kappa shape index (κ2) is 6.24. The van der Waals surface area contributed by atoms with E-state index in [2.05, 4.69) is 20.6 Å². The molecule has 2 amide bonds. The van der Waals surface area contributed by atoms with Crippen molar-refractivity contribution in [3.63, 3.8) is 0 Å². The number of fused-ring (bicyclic) bond motifs is 1. The van der Waals surface area contributed by atoms with E-state index in [-0.39, 0.29) is 11.8 Å². The second-order valence-electron chi connectivity index (χ2n) is 5.92. The van der Waals surface area contributed by atoms with Crippen LogP contribution in [0.4, 0.5) is 5.69 Å². The molecule has 3 N–H and O–H groups in total. The first-order valence-corrected chi connectivity index (χ1v) is 7.99. The predicted octanol–water partition coefficient (Wildman–Crippen LogP) is 2.37. The number of hydrogen-bond acceptors (Lipinski definition) is 3. The Kier molecular flexibility index (Phi) is 3.78. The summed E-state index contributed by atoms with van der Waals surface area (Å²) >= 11 is 0. The largest absolute Gasteiger partial charge is 0.345 e. The number of benzene rings is 2. The summed E-state index contributed by atoms with van der Waals surface area (Å²) in [5.41, 5.74) is 3.99. The predicted molar refractivity (Wildman–Crippen MR) is 94.1 cm³/mol. The summed E-state index contributed by atoms with van der Waals surface area (Å²) in [6, 6.07) is 14.2. The van der Waals surface area contributed by atoms with Crippen molar-refractivity contribution in [2.45, 2.75) is 12.5 Å². The number of H-pyrrole nitrogens is 1. The molecule has 1 aliphatic rings. The molecule has 1 unspecified atom stereocenters. The van der Waals surface area contributed by atoms with Crippen LogP contribution in [0.25, 0.3) is 11.3 Å². The second-order valence-corrected chi connectivity index (χ2v) is 5.92. The number of aromatic nitrogens is 2. The Morgan fingerprint density at radius 2 is 2.04 bits per heavy atom. The SMILES string of the molecule is O=C1NC(C(=O)Nc2cccc(-c3cnc[nH]3)c2)Cc2ccccc21. The van der Waals surface area contributed by atoms with Crippen molar-refractivity contribution in [1.29, 1.82) is 0 Å². The molecule has 2 heterocycles. The quantitative estimate of drug-likeness (QED) is 0.688. The van der Waals surface area contributed by atoms with Gasteiger partial charge in [-0.1, -0.05) is 30.3 Å². The van der Waals surface area contributed by atoms with Gasteiger partial charge in [-0.3, -0.25) is 9.59 Å². The van der Waals surface area contributed by atoms with E-state index >= 15 is 0 Å². The van der Waals surface area contributed by atoms with Gasteiger partial charge in [0.1, 0.15) is 6.04 Å². The van der Waals surface area contributed by atoms with Gasteiger partial charge >= 0.3 is 0 Å². The zero-order chi connectivity index (χ0) is 17.2. The Hall–Kier alpha value is -3.41. The van der Waals surface area contributed by atoms with Gasteiger partial charge in [-0.2, -0.15) is 0 Å². The number of carbonyl (C=O) groups is 2. The smallest absolute Gasteiger partial charge is 0.252 e. The fourth-order valence-corrected chi connectivity index (χ4v) is 2.99. The average Bonchev–Trinajstić information content (AvgIpc) is 3.17. The summed E-state index contributed by atoms with van der Waals surface area (Å²) in [4.78, 5) is 31.8. The number of anilines is 1. The van der Waals surface area contributed by atoms with E-state index < -0.39 is 6.04 Å². The molecule has 0 saturated carbocycles. The molecule has 6 heteroatoms. The van der Waals surface area contributed by atoms with Gasteiger partial charge in [0.25, 0.3) is 5.91 Å². The van der Waals surface area contributed by atoms with E-state index in [1.807, 2.05) is 42.5 Å². The molecular weight excluding hydrogens is 316 g/mol. The molecule has 1 aliphatic heterocycles. The summed E-state index contributed by atoms with van der Waals surface area (Å²) in [5, 5.41) is 5.64. The summed E-state index contributed by atoms with van der Waals surface area (Å²) in [7, 11) is 0. The molecule has 0 bridgehead atoms. The minimum atomic E-state index is -0.585. The van der Waals surface area contributed by atoms with Crippen LogP contribution in [-0.2, 0) is 11.2 Å². The van der Waals surface area contributed by atoms with E-state index in [9.17, 15) is 9.59 Å². The zero-order valence-electron chi connectivity index (χ0n) is 13.3. The number of imidazole rings is 1. The third-order valence-corrected chi connectivity index (χ3v) is 4.25. The molecule has 124 valence electrons. The molecule has 6 nitrogen and oxygen atoms in total. The number of nitrogens with one attached hydrogen (secondary N) is 3.